The van der Waals surface area contributed by atoms with Gasteiger partial charge < -0.3 is 15.2 Å². The first-order chi connectivity index (χ1) is 14.7. The Bertz CT molecular complexity index is 1010. The molecule has 0 fully saturated rings. The van der Waals surface area contributed by atoms with E-state index < -0.39 is 12.1 Å². The molecule has 0 radical (unpaired) electrons. The summed E-state index contributed by atoms with van der Waals surface area (Å²) >= 11 is 7.82. The first-order valence-electron chi connectivity index (χ1n) is 9.07. The van der Waals surface area contributed by atoms with Crippen LogP contribution < -0.4 is 10.1 Å². The third-order valence-electron chi connectivity index (χ3n) is 4.33. The van der Waals surface area contributed by atoms with Gasteiger partial charge in [-0.3, -0.25) is 4.98 Å². The zero-order valence-corrected chi connectivity index (χ0v) is 17.5. The van der Waals surface area contributed by atoms with Crippen LogP contribution in [0.2, 0.25) is 4.34 Å². The predicted molar refractivity (Wildman–Crippen MR) is 109 cm³/mol. The van der Waals surface area contributed by atoms with Gasteiger partial charge in [-0.1, -0.05) is 23.7 Å². The van der Waals surface area contributed by atoms with E-state index in [-0.39, 0.29) is 0 Å². The van der Waals surface area contributed by atoms with Crippen LogP contribution in [0.3, 0.4) is 0 Å². The van der Waals surface area contributed by atoms with E-state index in [0.717, 1.165) is 29.5 Å². The fourth-order valence-electron chi connectivity index (χ4n) is 2.92. The van der Waals surface area contributed by atoms with Crippen LogP contribution >= 0.6 is 22.9 Å². The summed E-state index contributed by atoms with van der Waals surface area (Å²) in [5.74, 6) is -1.50. The average Bonchev–Trinajstić information content (AvgIpc) is 3.27. The van der Waals surface area contributed by atoms with E-state index in [1.54, 1.807) is 29.9 Å². The van der Waals surface area contributed by atoms with Crippen LogP contribution in [0.4, 0.5) is 13.2 Å². The van der Waals surface area contributed by atoms with Crippen molar-refractivity contribution >= 4 is 28.9 Å². The molecular weight excluding hydrogens is 455 g/mol. The highest BCUT2D eigenvalue weighted by Gasteiger charge is 2.38. The highest BCUT2D eigenvalue weighted by atomic mass is 35.5. The second-order valence-electron chi connectivity index (χ2n) is 6.49. The number of halogens is 4. The largest absolute Gasteiger partial charge is 0.490 e. The molecular formula is C20H17ClF3N3O3S. The van der Waals surface area contributed by atoms with Crippen LogP contribution in [0.5, 0.6) is 11.6 Å². The maximum Gasteiger partial charge on any atom is 0.490 e. The Kier molecular flexibility index (Phi) is 7.47. The Morgan fingerprint density at radius 2 is 2.00 bits per heavy atom. The number of aliphatic carboxylic acids is 1. The molecule has 0 spiro atoms. The molecule has 1 unspecified atom stereocenters. The van der Waals surface area contributed by atoms with Crippen molar-refractivity contribution in [2.45, 2.75) is 31.6 Å². The zero-order chi connectivity index (χ0) is 22.4. The number of carboxylic acid groups (broad SMARTS) is 1. The van der Waals surface area contributed by atoms with Gasteiger partial charge in [-0.15, -0.1) is 11.3 Å². The van der Waals surface area contributed by atoms with Crippen LogP contribution in [0.25, 0.3) is 0 Å². The minimum absolute atomic E-state index is 0.402. The number of hydrogen-bond acceptors (Lipinski definition) is 6. The highest BCUT2D eigenvalue weighted by molar-refractivity contribution is 7.16. The molecule has 0 amide bonds. The van der Waals surface area contributed by atoms with Gasteiger partial charge >= 0.3 is 12.1 Å². The number of rotatable bonds is 5. The van der Waals surface area contributed by atoms with Gasteiger partial charge in [-0.25, -0.2) is 9.78 Å². The highest BCUT2D eigenvalue weighted by Crippen LogP contribution is 2.39. The number of fused-ring (bicyclic) bond motifs is 1. The van der Waals surface area contributed by atoms with E-state index in [1.165, 1.54) is 16.0 Å². The molecule has 3 aromatic rings. The Hall–Kier alpha value is -2.69. The molecule has 0 aliphatic heterocycles. The number of aryl methyl sites for hydroxylation is 1. The molecule has 2 heterocycles. The SMILES string of the molecule is Clc1cc2c(s1)CCC2NCc1ccc(Oc2cnccn2)cc1.O=C(O)C(F)(F)F. The molecule has 1 atom stereocenters. The lowest BCUT2D eigenvalue weighted by Gasteiger charge is -2.13. The third-order valence-corrected chi connectivity index (χ3v) is 5.67. The topological polar surface area (TPSA) is 84.3 Å². The zero-order valence-electron chi connectivity index (χ0n) is 15.9. The lowest BCUT2D eigenvalue weighted by Crippen LogP contribution is -2.21. The van der Waals surface area contributed by atoms with Crippen LogP contribution in [0.15, 0.2) is 48.9 Å². The van der Waals surface area contributed by atoms with Gasteiger partial charge in [0.05, 0.1) is 10.5 Å². The van der Waals surface area contributed by atoms with E-state index in [0.29, 0.717) is 11.9 Å². The van der Waals surface area contributed by atoms with E-state index in [9.17, 15) is 13.2 Å². The van der Waals surface area contributed by atoms with Crippen molar-refractivity contribution < 1.29 is 27.8 Å². The molecule has 2 aromatic heterocycles. The average molecular weight is 472 g/mol. The van der Waals surface area contributed by atoms with Gasteiger partial charge in [-0.2, -0.15) is 13.2 Å². The summed E-state index contributed by atoms with van der Waals surface area (Å²) in [6.07, 6.45) is 2.01. The van der Waals surface area contributed by atoms with Crippen molar-refractivity contribution in [2.75, 3.05) is 0 Å². The first kappa shape index (κ1) is 23.0. The number of aromatic nitrogens is 2. The van der Waals surface area contributed by atoms with Gasteiger partial charge in [0, 0.05) is 29.9 Å². The minimum Gasteiger partial charge on any atom is -0.475 e. The van der Waals surface area contributed by atoms with Crippen molar-refractivity contribution in [3.63, 3.8) is 0 Å². The van der Waals surface area contributed by atoms with Crippen molar-refractivity contribution in [2.24, 2.45) is 0 Å². The Balaban J connectivity index is 0.000000339. The summed E-state index contributed by atoms with van der Waals surface area (Å²) < 4.78 is 38.3. The number of nitrogens with zero attached hydrogens (tertiary/aromatic N) is 2. The predicted octanol–water partition coefficient (Wildman–Crippen LogP) is 5.39. The normalized spacial score (nSPS) is 15.0. The molecule has 31 heavy (non-hydrogen) atoms. The van der Waals surface area contributed by atoms with Gasteiger partial charge in [0.2, 0.25) is 5.88 Å². The van der Waals surface area contributed by atoms with Gasteiger partial charge in [0.1, 0.15) is 5.75 Å². The summed E-state index contributed by atoms with van der Waals surface area (Å²) in [7, 11) is 0. The van der Waals surface area contributed by atoms with E-state index in [1.807, 2.05) is 12.1 Å². The van der Waals surface area contributed by atoms with Crippen LogP contribution in [0.1, 0.15) is 28.5 Å². The van der Waals surface area contributed by atoms with Crippen LogP contribution in [-0.4, -0.2) is 27.2 Å². The minimum atomic E-state index is -5.08. The smallest absolute Gasteiger partial charge is 0.475 e. The van der Waals surface area contributed by atoms with Crippen molar-refractivity contribution in [3.8, 4) is 11.6 Å². The fraction of sp³-hybridized carbons (Fsp3) is 0.250. The molecule has 2 N–H and O–H groups in total. The fourth-order valence-corrected chi connectivity index (χ4v) is 4.27. The van der Waals surface area contributed by atoms with E-state index in [2.05, 4.69) is 33.5 Å². The molecule has 164 valence electrons. The lowest BCUT2D eigenvalue weighted by molar-refractivity contribution is -0.192. The summed E-state index contributed by atoms with van der Waals surface area (Å²) in [5, 5.41) is 10.7. The summed E-state index contributed by atoms with van der Waals surface area (Å²) in [4.78, 5) is 18.4. The molecule has 1 aliphatic carbocycles. The van der Waals surface area contributed by atoms with Gasteiger partial charge in [0.25, 0.3) is 0 Å². The second kappa shape index (κ2) is 10.1. The van der Waals surface area contributed by atoms with E-state index >= 15 is 0 Å². The van der Waals surface area contributed by atoms with Gasteiger partial charge in [0.15, 0.2) is 0 Å². The third kappa shape index (κ3) is 6.65. The van der Waals surface area contributed by atoms with Crippen LogP contribution in [0, 0.1) is 0 Å². The number of nitrogens with one attached hydrogen (secondary N) is 1. The molecule has 1 aromatic carbocycles. The maximum atomic E-state index is 10.6. The number of benzene rings is 1. The van der Waals surface area contributed by atoms with Crippen molar-refractivity contribution in [3.05, 3.63) is 69.3 Å². The van der Waals surface area contributed by atoms with Crippen LogP contribution in [-0.2, 0) is 17.8 Å². The molecule has 11 heteroatoms. The number of ether oxygens (including phenoxy) is 1. The number of hydrogen-bond donors (Lipinski definition) is 2. The number of thiophene rings is 1. The maximum absolute atomic E-state index is 10.6. The molecule has 0 saturated carbocycles. The standard InChI is InChI=1S/C18H16ClN3OS.C2HF3O2/c19-17-9-14-15(5-6-16(14)24-17)22-10-12-1-3-13(4-2-12)23-18-11-20-7-8-21-18;3-2(4,5)1(6)7/h1-4,7-9,11,15,22H,5-6,10H2;(H,6,7). The number of alkyl halides is 3. The Morgan fingerprint density at radius 3 is 2.61 bits per heavy atom. The Morgan fingerprint density at radius 1 is 1.29 bits per heavy atom. The number of carbonyl (C=O) groups is 1. The van der Waals surface area contributed by atoms with Crippen molar-refractivity contribution in [1.29, 1.82) is 0 Å². The van der Waals surface area contributed by atoms with E-state index in [4.69, 9.17) is 26.2 Å². The Labute approximate surface area is 184 Å². The molecule has 0 saturated heterocycles. The molecule has 1 aliphatic rings. The molecule has 6 nitrogen and oxygen atoms in total. The number of carboxylic acids is 1. The molecule has 0 bridgehead atoms. The monoisotopic (exact) mass is 471 g/mol. The quantitative estimate of drug-likeness (QED) is 0.518. The summed E-state index contributed by atoms with van der Waals surface area (Å²) in [6, 6.07) is 10.5. The van der Waals surface area contributed by atoms with Gasteiger partial charge in [-0.05, 0) is 42.2 Å². The molecule has 4 rings (SSSR count). The summed E-state index contributed by atoms with van der Waals surface area (Å²) in [5.41, 5.74) is 2.59. The lowest BCUT2D eigenvalue weighted by atomic mass is 10.1. The summed E-state index contributed by atoms with van der Waals surface area (Å²) in [6.45, 7) is 0.822. The first-order valence-corrected chi connectivity index (χ1v) is 10.3. The van der Waals surface area contributed by atoms with Crippen molar-refractivity contribution in [1.82, 2.24) is 15.3 Å². The second-order valence-corrected chi connectivity index (χ2v) is 8.26.